The van der Waals surface area contributed by atoms with Crippen LogP contribution < -0.4 is 10.9 Å². The maximum atomic E-state index is 10.0. The van der Waals surface area contributed by atoms with E-state index in [1.807, 2.05) is 0 Å². The normalized spacial score (nSPS) is 10.7. The monoisotopic (exact) mass is 306 g/mol. The summed E-state index contributed by atoms with van der Waals surface area (Å²) in [4.78, 5) is 0. The van der Waals surface area contributed by atoms with Gasteiger partial charge in [-0.1, -0.05) is 0 Å². The third-order valence-electron chi connectivity index (χ3n) is 3.52. The zero-order valence-electron chi connectivity index (χ0n) is 11.6. The van der Waals surface area contributed by atoms with Crippen LogP contribution in [0.4, 0.5) is 0 Å². The molecule has 114 valence electrons. The van der Waals surface area contributed by atoms with Crippen molar-refractivity contribution in [3.8, 4) is 57.1 Å². The van der Waals surface area contributed by atoms with Crippen LogP contribution in [0, 0.1) is 0 Å². The Balaban J connectivity index is 3.03. The Labute approximate surface area is 125 Å². The molecule has 0 atom stereocenters. The second-order valence-corrected chi connectivity index (χ2v) is 4.79. The third-order valence-corrected chi connectivity index (χ3v) is 3.52. The molecule has 0 unspecified atom stereocenters. The summed E-state index contributed by atoms with van der Waals surface area (Å²) < 4.78 is 0. The summed E-state index contributed by atoms with van der Waals surface area (Å²) >= 11 is 0. The van der Waals surface area contributed by atoms with Crippen molar-refractivity contribution >= 4 is 26.6 Å². The van der Waals surface area contributed by atoms with Gasteiger partial charge >= 0.3 is 0 Å². The van der Waals surface area contributed by atoms with Gasteiger partial charge in [-0.25, -0.2) is 0 Å². The van der Waals surface area contributed by atoms with Gasteiger partial charge in [0.1, 0.15) is 27.2 Å². The van der Waals surface area contributed by atoms with Gasteiger partial charge in [0.05, 0.1) is 11.1 Å². The van der Waals surface area contributed by atoms with Crippen molar-refractivity contribution in [2.45, 2.75) is 0 Å². The molecule has 0 radical (unpaired) electrons. The van der Waals surface area contributed by atoms with Crippen molar-refractivity contribution in [2.24, 2.45) is 0 Å². The second kappa shape index (κ2) is 4.76. The van der Waals surface area contributed by atoms with Crippen LogP contribution >= 0.6 is 0 Å². The van der Waals surface area contributed by atoms with Crippen LogP contribution in [0.3, 0.4) is 0 Å². The molecule has 22 heavy (non-hydrogen) atoms. The Morgan fingerprint density at radius 1 is 0.364 bits per heavy atom. The van der Waals surface area contributed by atoms with Crippen LogP contribution in [0.15, 0.2) is 0 Å². The van der Waals surface area contributed by atoms with Gasteiger partial charge in [-0.15, -0.1) is 0 Å². The number of phenolic OH excluding ortho intramolecular Hbond substituents is 8. The SMILES string of the molecule is Bc1c(O)c(O)c(O)c(-c2c(O)c(B)c(O)c(O)c2O)c1O. The summed E-state index contributed by atoms with van der Waals surface area (Å²) in [5.74, 6) is -7.02. The van der Waals surface area contributed by atoms with Gasteiger partial charge in [0.15, 0.2) is 23.0 Å². The molecule has 0 bridgehead atoms. The molecule has 0 aliphatic heterocycles. The van der Waals surface area contributed by atoms with Gasteiger partial charge in [-0.3, -0.25) is 0 Å². The lowest BCUT2D eigenvalue weighted by Crippen LogP contribution is -2.09. The van der Waals surface area contributed by atoms with Gasteiger partial charge in [0, 0.05) is 0 Å². The van der Waals surface area contributed by atoms with E-state index in [-0.39, 0.29) is 10.9 Å². The summed E-state index contributed by atoms with van der Waals surface area (Å²) in [6.45, 7) is 0. The summed E-state index contributed by atoms with van der Waals surface area (Å²) in [5.41, 5.74) is -1.67. The quantitative estimate of drug-likeness (QED) is 0.163. The summed E-state index contributed by atoms with van der Waals surface area (Å²) in [7, 11) is 2.43. The van der Waals surface area contributed by atoms with Crippen molar-refractivity contribution in [1.29, 1.82) is 0 Å². The summed E-state index contributed by atoms with van der Waals surface area (Å²) in [6.07, 6.45) is 0. The highest BCUT2D eigenvalue weighted by Gasteiger charge is 2.29. The van der Waals surface area contributed by atoms with Gasteiger partial charge in [0.25, 0.3) is 0 Å². The van der Waals surface area contributed by atoms with Crippen molar-refractivity contribution < 1.29 is 40.9 Å². The minimum Gasteiger partial charge on any atom is -0.508 e. The summed E-state index contributed by atoms with van der Waals surface area (Å²) in [6, 6.07) is 0. The van der Waals surface area contributed by atoms with Crippen LogP contribution in [0.1, 0.15) is 0 Å². The van der Waals surface area contributed by atoms with Gasteiger partial charge in [-0.2, -0.15) is 0 Å². The average Bonchev–Trinajstić information content (AvgIpc) is 2.50. The van der Waals surface area contributed by atoms with Crippen LogP contribution in [0.2, 0.25) is 0 Å². The molecule has 8 nitrogen and oxygen atoms in total. The molecule has 2 aromatic rings. The molecule has 0 aliphatic carbocycles. The van der Waals surface area contributed by atoms with E-state index in [1.54, 1.807) is 0 Å². The lowest BCUT2D eigenvalue weighted by atomic mass is 9.84. The molecule has 0 heterocycles. The van der Waals surface area contributed by atoms with Crippen LogP contribution in [0.25, 0.3) is 11.1 Å². The smallest absolute Gasteiger partial charge is 0.200 e. The van der Waals surface area contributed by atoms with Crippen LogP contribution in [-0.4, -0.2) is 56.5 Å². The number of aromatic hydroxyl groups is 8. The van der Waals surface area contributed by atoms with E-state index in [0.717, 1.165) is 0 Å². The maximum Gasteiger partial charge on any atom is 0.200 e. The third kappa shape index (κ3) is 1.80. The Kier molecular flexibility index (Phi) is 3.32. The predicted octanol–water partition coefficient (Wildman–Crippen LogP) is -2.48. The maximum absolute atomic E-state index is 10.0. The average molecular weight is 306 g/mol. The first-order chi connectivity index (χ1) is 10.1. The molecule has 0 fully saturated rings. The van der Waals surface area contributed by atoms with Crippen molar-refractivity contribution in [3.63, 3.8) is 0 Å². The first-order valence-electron chi connectivity index (χ1n) is 6.04. The molecule has 0 saturated carbocycles. The van der Waals surface area contributed by atoms with E-state index in [0.29, 0.717) is 0 Å². The fourth-order valence-electron chi connectivity index (χ4n) is 2.11. The Hall–Kier alpha value is -3.03. The zero-order chi connectivity index (χ0) is 16.9. The highest BCUT2D eigenvalue weighted by molar-refractivity contribution is 6.39. The second-order valence-electron chi connectivity index (χ2n) is 4.79. The summed E-state index contributed by atoms with van der Waals surface area (Å²) in [5, 5.41) is 78.3. The lowest BCUT2D eigenvalue weighted by molar-refractivity contribution is 0.360. The van der Waals surface area contributed by atoms with E-state index < -0.39 is 57.1 Å². The molecule has 2 aromatic carbocycles. The van der Waals surface area contributed by atoms with Crippen LogP contribution in [0.5, 0.6) is 46.0 Å². The molecule has 8 N–H and O–H groups in total. The molecule has 0 aliphatic rings. The number of phenols is 8. The molecule has 10 heteroatoms. The molecule has 0 amide bonds. The minimum absolute atomic E-state index is 0.227. The topological polar surface area (TPSA) is 162 Å². The van der Waals surface area contributed by atoms with E-state index in [9.17, 15) is 40.9 Å². The van der Waals surface area contributed by atoms with E-state index in [2.05, 4.69) is 0 Å². The Morgan fingerprint density at radius 2 is 0.636 bits per heavy atom. The lowest BCUT2D eigenvalue weighted by Gasteiger charge is -2.18. The minimum atomic E-state index is -1.02. The highest BCUT2D eigenvalue weighted by atomic mass is 16.3. The van der Waals surface area contributed by atoms with E-state index >= 15 is 0 Å². The molecule has 0 aromatic heterocycles. The first kappa shape index (κ1) is 15.4. The number of hydrogen-bond acceptors (Lipinski definition) is 8. The van der Waals surface area contributed by atoms with Crippen LogP contribution in [-0.2, 0) is 0 Å². The highest BCUT2D eigenvalue weighted by Crippen LogP contribution is 2.54. The van der Waals surface area contributed by atoms with Crippen molar-refractivity contribution in [2.75, 3.05) is 0 Å². The van der Waals surface area contributed by atoms with Gasteiger partial charge in [0.2, 0.25) is 11.5 Å². The molecular formula is C12H12B2O8. The molecular weight excluding hydrogens is 294 g/mol. The van der Waals surface area contributed by atoms with Crippen molar-refractivity contribution in [3.05, 3.63) is 0 Å². The number of benzene rings is 2. The van der Waals surface area contributed by atoms with Gasteiger partial charge < -0.3 is 40.9 Å². The fraction of sp³-hybridized carbons (Fsp3) is 0. The largest absolute Gasteiger partial charge is 0.508 e. The molecule has 2 rings (SSSR count). The Bertz CT molecular complexity index is 677. The number of hydrogen-bond donors (Lipinski definition) is 8. The molecule has 0 spiro atoms. The first-order valence-corrected chi connectivity index (χ1v) is 6.04. The standard InChI is InChI=1S/C12H12B2O8/c13-3-5(15)1(7(17)11(21)9(3)19)2-6(16)4(14)10(20)12(22)8(2)18/h15-22H,13-14H2. The zero-order valence-corrected chi connectivity index (χ0v) is 11.6. The number of rotatable bonds is 1. The fourth-order valence-corrected chi connectivity index (χ4v) is 2.11. The van der Waals surface area contributed by atoms with Gasteiger partial charge in [-0.05, 0) is 10.9 Å². The predicted molar refractivity (Wildman–Crippen MR) is 81.6 cm³/mol. The van der Waals surface area contributed by atoms with Crippen molar-refractivity contribution in [1.82, 2.24) is 0 Å². The van der Waals surface area contributed by atoms with E-state index in [1.165, 1.54) is 15.7 Å². The molecule has 0 saturated heterocycles. The Morgan fingerprint density at radius 3 is 0.909 bits per heavy atom. The van der Waals surface area contributed by atoms with E-state index in [4.69, 9.17) is 0 Å².